The first-order valence-electron chi connectivity index (χ1n) is 8.40. The van der Waals surface area contributed by atoms with Crippen molar-refractivity contribution < 1.29 is 32.6 Å². The average molecular weight is 430 g/mol. The number of methoxy groups -OCH3 is 1. The van der Waals surface area contributed by atoms with Crippen molar-refractivity contribution in [3.8, 4) is 5.75 Å². The van der Waals surface area contributed by atoms with Gasteiger partial charge in [-0.15, -0.1) is 0 Å². The van der Waals surface area contributed by atoms with Crippen LogP contribution in [0.5, 0.6) is 5.75 Å². The number of ketones is 1. The molecule has 0 aliphatic heterocycles. The third-order valence-electron chi connectivity index (χ3n) is 4.08. The summed E-state index contributed by atoms with van der Waals surface area (Å²) in [4.78, 5) is 25.9. The molecule has 2 aromatic rings. The molecule has 0 aliphatic rings. The van der Waals surface area contributed by atoms with Crippen LogP contribution in [0, 0.1) is 0 Å². The third-order valence-corrected chi connectivity index (χ3v) is 4.31. The summed E-state index contributed by atoms with van der Waals surface area (Å²) in [6.07, 6.45) is -6.13. The predicted octanol–water partition coefficient (Wildman–Crippen LogP) is 5.88. The van der Waals surface area contributed by atoms with Crippen LogP contribution in [0.1, 0.15) is 42.3 Å². The minimum Gasteiger partial charge on any atom is -0.496 e. The molecule has 0 atom stereocenters. The van der Waals surface area contributed by atoms with Crippen LogP contribution in [0.3, 0.4) is 0 Å². The van der Waals surface area contributed by atoms with Crippen LogP contribution in [0.2, 0.25) is 5.02 Å². The van der Waals surface area contributed by atoms with Gasteiger partial charge in [0, 0.05) is 16.1 Å². The highest BCUT2D eigenvalue weighted by molar-refractivity contribution is 6.31. The van der Waals surface area contributed by atoms with Gasteiger partial charge in [0.15, 0.2) is 5.78 Å². The number of carboxylic acid groups (broad SMARTS) is 1. The molecular weight excluding hydrogens is 411 g/mol. The number of nitrogens with zero attached hydrogens (tertiary/aromatic N) is 1. The molecule has 0 saturated carbocycles. The summed E-state index contributed by atoms with van der Waals surface area (Å²) < 4.78 is 45.0. The third kappa shape index (κ3) is 4.82. The smallest absolute Gasteiger partial charge is 0.416 e. The number of hydrogen-bond donors (Lipinski definition) is 1. The molecule has 0 heterocycles. The van der Waals surface area contributed by atoms with Gasteiger partial charge in [0.05, 0.1) is 23.9 Å². The fourth-order valence-corrected chi connectivity index (χ4v) is 3.02. The first kappa shape index (κ1) is 22.5. The van der Waals surface area contributed by atoms with Crippen LogP contribution in [-0.4, -0.2) is 29.6 Å². The van der Waals surface area contributed by atoms with Gasteiger partial charge in [0.1, 0.15) is 5.75 Å². The minimum atomic E-state index is -4.72. The second-order valence-electron chi connectivity index (χ2n) is 7.19. The van der Waals surface area contributed by atoms with Crippen LogP contribution in [0.4, 0.5) is 23.7 Å². The lowest BCUT2D eigenvalue weighted by Gasteiger charge is -2.34. The summed E-state index contributed by atoms with van der Waals surface area (Å²) in [7, 11) is 1.30. The van der Waals surface area contributed by atoms with Gasteiger partial charge in [-0.05, 0) is 57.2 Å². The van der Waals surface area contributed by atoms with Crippen LogP contribution in [-0.2, 0) is 6.18 Å². The first-order chi connectivity index (χ1) is 13.3. The van der Waals surface area contributed by atoms with E-state index in [2.05, 4.69) is 0 Å². The molecule has 0 fully saturated rings. The van der Waals surface area contributed by atoms with Crippen molar-refractivity contribution in [1.29, 1.82) is 0 Å². The zero-order valence-corrected chi connectivity index (χ0v) is 16.9. The van der Waals surface area contributed by atoms with Crippen molar-refractivity contribution in [3.05, 3.63) is 58.1 Å². The Hall–Kier alpha value is -2.74. The molecule has 2 rings (SSSR count). The van der Waals surface area contributed by atoms with Crippen molar-refractivity contribution in [1.82, 2.24) is 0 Å². The maximum atomic E-state index is 13.3. The quantitative estimate of drug-likeness (QED) is 0.616. The van der Waals surface area contributed by atoms with E-state index >= 15 is 0 Å². The molecule has 0 saturated heterocycles. The summed E-state index contributed by atoms with van der Waals surface area (Å²) in [6, 6.07) is 6.48. The van der Waals surface area contributed by atoms with Gasteiger partial charge in [0.2, 0.25) is 0 Å². The van der Waals surface area contributed by atoms with E-state index in [1.54, 1.807) is 20.8 Å². The fraction of sp³-hybridized carbons (Fsp3) is 0.300. The first-order valence-corrected chi connectivity index (χ1v) is 8.78. The summed E-state index contributed by atoms with van der Waals surface area (Å²) in [5.41, 5.74) is -2.80. The van der Waals surface area contributed by atoms with E-state index in [0.717, 1.165) is 17.0 Å². The van der Waals surface area contributed by atoms with Gasteiger partial charge in [-0.2, -0.15) is 13.2 Å². The lowest BCUT2D eigenvalue weighted by molar-refractivity contribution is -0.137. The number of hydrogen-bond acceptors (Lipinski definition) is 3. The summed E-state index contributed by atoms with van der Waals surface area (Å²) in [5.74, 6) is -0.749. The number of alkyl halides is 3. The average Bonchev–Trinajstić information content (AvgIpc) is 2.59. The van der Waals surface area contributed by atoms with Crippen LogP contribution >= 0.6 is 11.6 Å². The van der Waals surface area contributed by atoms with Gasteiger partial charge in [-0.25, -0.2) is 4.79 Å². The molecule has 0 aliphatic carbocycles. The Morgan fingerprint density at radius 3 is 2.14 bits per heavy atom. The SMILES string of the molecule is COc1ccc(Cl)cc1C(=O)c1cc(C(F)(F)F)ccc1N(C(=O)O)C(C)(C)C. The van der Waals surface area contributed by atoms with E-state index in [1.807, 2.05) is 0 Å². The molecule has 5 nitrogen and oxygen atoms in total. The molecule has 0 spiro atoms. The maximum absolute atomic E-state index is 13.3. The minimum absolute atomic E-state index is 0.0835. The molecule has 0 unspecified atom stereocenters. The lowest BCUT2D eigenvalue weighted by Crippen LogP contribution is -2.46. The number of anilines is 1. The van der Waals surface area contributed by atoms with Crippen molar-refractivity contribution >= 4 is 29.2 Å². The topological polar surface area (TPSA) is 66.8 Å². The summed E-state index contributed by atoms with van der Waals surface area (Å²) in [6.45, 7) is 4.69. The van der Waals surface area contributed by atoms with E-state index in [0.29, 0.717) is 6.07 Å². The molecule has 2 aromatic carbocycles. The fourth-order valence-electron chi connectivity index (χ4n) is 2.84. The Morgan fingerprint density at radius 1 is 1.03 bits per heavy atom. The van der Waals surface area contributed by atoms with E-state index < -0.39 is 34.7 Å². The van der Waals surface area contributed by atoms with E-state index in [4.69, 9.17) is 16.3 Å². The van der Waals surface area contributed by atoms with Crippen molar-refractivity contribution in [2.75, 3.05) is 12.0 Å². The van der Waals surface area contributed by atoms with Crippen molar-refractivity contribution in [2.45, 2.75) is 32.5 Å². The maximum Gasteiger partial charge on any atom is 0.416 e. The highest BCUT2D eigenvalue weighted by atomic mass is 35.5. The van der Waals surface area contributed by atoms with E-state index in [1.165, 1.54) is 25.3 Å². The number of amides is 1. The molecule has 1 N–H and O–H groups in total. The Kier molecular flexibility index (Phi) is 6.18. The normalized spacial score (nSPS) is 11.9. The van der Waals surface area contributed by atoms with Gasteiger partial charge < -0.3 is 9.84 Å². The Labute approximate surface area is 170 Å². The van der Waals surface area contributed by atoms with Crippen molar-refractivity contribution in [2.24, 2.45) is 0 Å². The second kappa shape index (κ2) is 7.94. The number of carbonyl (C=O) groups is 2. The zero-order chi connectivity index (χ0) is 22.1. The highest BCUT2D eigenvalue weighted by Gasteiger charge is 2.36. The predicted molar refractivity (Wildman–Crippen MR) is 103 cm³/mol. The number of halogens is 4. The van der Waals surface area contributed by atoms with Crippen LogP contribution in [0.25, 0.3) is 0 Å². The van der Waals surface area contributed by atoms with Crippen LogP contribution in [0.15, 0.2) is 36.4 Å². The number of rotatable bonds is 4. The monoisotopic (exact) mass is 429 g/mol. The van der Waals surface area contributed by atoms with E-state index in [-0.39, 0.29) is 22.0 Å². The Bertz CT molecular complexity index is 952. The molecular formula is C20H19ClF3NO4. The number of ether oxygens (including phenoxy) is 1. The number of carbonyl (C=O) groups excluding carboxylic acids is 1. The molecule has 9 heteroatoms. The molecule has 0 radical (unpaired) electrons. The molecule has 0 bridgehead atoms. The largest absolute Gasteiger partial charge is 0.496 e. The number of benzene rings is 2. The van der Waals surface area contributed by atoms with E-state index in [9.17, 15) is 27.9 Å². The molecule has 29 heavy (non-hydrogen) atoms. The molecule has 0 aromatic heterocycles. The lowest BCUT2D eigenvalue weighted by atomic mass is 9.95. The second-order valence-corrected chi connectivity index (χ2v) is 7.63. The Balaban J connectivity index is 2.81. The van der Waals surface area contributed by atoms with Gasteiger partial charge in [0.25, 0.3) is 0 Å². The molecule has 1 amide bonds. The van der Waals surface area contributed by atoms with Crippen molar-refractivity contribution in [3.63, 3.8) is 0 Å². The zero-order valence-electron chi connectivity index (χ0n) is 16.1. The molecule has 156 valence electrons. The Morgan fingerprint density at radius 2 is 1.66 bits per heavy atom. The summed E-state index contributed by atoms with van der Waals surface area (Å²) >= 11 is 5.94. The standard InChI is InChI=1S/C20H19ClF3NO4/c1-19(2,3)25(18(27)28)15-7-5-11(20(22,23)24)9-13(15)17(26)14-10-12(21)6-8-16(14)29-4/h5-10H,1-4H3,(H,27,28). The van der Waals surface area contributed by atoms with Gasteiger partial charge >= 0.3 is 12.3 Å². The van der Waals surface area contributed by atoms with Gasteiger partial charge in [-0.1, -0.05) is 11.6 Å². The highest BCUT2D eigenvalue weighted by Crippen LogP contribution is 2.37. The van der Waals surface area contributed by atoms with Crippen LogP contribution < -0.4 is 9.64 Å². The summed E-state index contributed by atoms with van der Waals surface area (Å²) in [5, 5.41) is 9.83. The van der Waals surface area contributed by atoms with Gasteiger partial charge in [-0.3, -0.25) is 9.69 Å².